The Morgan fingerprint density at radius 2 is 2.10 bits per heavy atom. The summed E-state index contributed by atoms with van der Waals surface area (Å²) in [5, 5.41) is 9.25. The quantitative estimate of drug-likeness (QED) is 0.924. The van der Waals surface area contributed by atoms with Gasteiger partial charge >= 0.3 is 6.18 Å². The first-order chi connectivity index (χ1) is 9.86. The average molecular weight is 302 g/mol. The van der Waals surface area contributed by atoms with Gasteiger partial charge in [0.1, 0.15) is 11.6 Å². The highest BCUT2D eigenvalue weighted by Gasteiger charge is 2.39. The average Bonchev–Trinajstić information content (AvgIpc) is 2.75. The molecule has 0 radical (unpaired) electrons. The number of rotatable bonds is 5. The van der Waals surface area contributed by atoms with E-state index in [1.165, 1.54) is 7.11 Å². The zero-order valence-electron chi connectivity index (χ0n) is 11.8. The van der Waals surface area contributed by atoms with E-state index in [0.29, 0.717) is 17.8 Å². The highest BCUT2D eigenvalue weighted by molar-refractivity contribution is 5.77. The molecule has 116 valence electrons. The largest absolute Gasteiger partial charge is 0.497 e. The van der Waals surface area contributed by atoms with Crippen molar-refractivity contribution < 1.29 is 23.0 Å². The lowest BCUT2D eigenvalue weighted by atomic mass is 10.2. The highest BCUT2D eigenvalue weighted by Crippen LogP contribution is 2.26. The molecule has 0 saturated heterocycles. The van der Waals surface area contributed by atoms with Crippen LogP contribution in [0.4, 0.5) is 13.2 Å². The molecule has 0 bridgehead atoms. The minimum Gasteiger partial charge on any atom is -0.497 e. The molecule has 1 aromatic carbocycles. The molecule has 1 aromatic heterocycles. The highest BCUT2D eigenvalue weighted by atomic mass is 19.4. The van der Waals surface area contributed by atoms with E-state index in [9.17, 15) is 18.3 Å². The van der Waals surface area contributed by atoms with Crippen LogP contribution in [-0.2, 0) is 13.0 Å². The molecule has 21 heavy (non-hydrogen) atoms. The van der Waals surface area contributed by atoms with Crippen LogP contribution >= 0.6 is 0 Å². The van der Waals surface area contributed by atoms with Crippen LogP contribution in [0.2, 0.25) is 0 Å². The number of imidazole rings is 1. The molecule has 1 unspecified atom stereocenters. The number of ether oxygens (including phenoxy) is 1. The van der Waals surface area contributed by atoms with Crippen molar-refractivity contribution in [3.05, 3.63) is 24.0 Å². The SMILES string of the molecule is CCCn1c(CC(O)C(F)(F)F)nc2cc(OC)ccc21. The van der Waals surface area contributed by atoms with E-state index >= 15 is 0 Å². The van der Waals surface area contributed by atoms with E-state index in [1.54, 1.807) is 22.8 Å². The van der Waals surface area contributed by atoms with Crippen molar-refractivity contribution >= 4 is 11.0 Å². The Labute approximate surface area is 120 Å². The Hall–Kier alpha value is -1.76. The number of alkyl halides is 3. The van der Waals surface area contributed by atoms with Gasteiger partial charge in [0.25, 0.3) is 0 Å². The monoisotopic (exact) mass is 302 g/mol. The summed E-state index contributed by atoms with van der Waals surface area (Å²) < 4.78 is 44.4. The fraction of sp³-hybridized carbons (Fsp3) is 0.500. The van der Waals surface area contributed by atoms with Gasteiger partial charge in [-0.1, -0.05) is 6.92 Å². The Morgan fingerprint density at radius 3 is 2.67 bits per heavy atom. The molecule has 1 heterocycles. The smallest absolute Gasteiger partial charge is 0.414 e. The zero-order chi connectivity index (χ0) is 15.6. The van der Waals surface area contributed by atoms with Crippen LogP contribution in [0.25, 0.3) is 11.0 Å². The van der Waals surface area contributed by atoms with Gasteiger partial charge < -0.3 is 14.4 Å². The van der Waals surface area contributed by atoms with Gasteiger partial charge in [0, 0.05) is 19.0 Å². The van der Waals surface area contributed by atoms with E-state index in [-0.39, 0.29) is 5.82 Å². The van der Waals surface area contributed by atoms with Crippen LogP contribution in [0.3, 0.4) is 0 Å². The van der Waals surface area contributed by atoms with Crippen molar-refractivity contribution in [1.29, 1.82) is 0 Å². The predicted octanol–water partition coefficient (Wildman–Crippen LogP) is 2.92. The Balaban J connectivity index is 2.44. The summed E-state index contributed by atoms with van der Waals surface area (Å²) in [7, 11) is 1.51. The number of aliphatic hydroxyl groups is 1. The van der Waals surface area contributed by atoms with Gasteiger partial charge in [-0.15, -0.1) is 0 Å². The maximum atomic E-state index is 12.5. The third-order valence-corrected chi connectivity index (χ3v) is 3.24. The minimum atomic E-state index is -4.65. The topological polar surface area (TPSA) is 47.3 Å². The lowest BCUT2D eigenvalue weighted by molar-refractivity contribution is -0.203. The van der Waals surface area contributed by atoms with E-state index in [0.717, 1.165) is 11.9 Å². The number of halogens is 3. The molecule has 1 N–H and O–H groups in total. The van der Waals surface area contributed by atoms with Crippen LogP contribution in [-0.4, -0.2) is 34.0 Å². The third-order valence-electron chi connectivity index (χ3n) is 3.24. The molecule has 7 heteroatoms. The number of hydrogen-bond acceptors (Lipinski definition) is 3. The van der Waals surface area contributed by atoms with Gasteiger partial charge in [-0.25, -0.2) is 4.98 Å². The molecule has 2 rings (SSSR count). The molecule has 0 fully saturated rings. The Morgan fingerprint density at radius 1 is 1.38 bits per heavy atom. The van der Waals surface area contributed by atoms with Crippen LogP contribution in [0.15, 0.2) is 18.2 Å². The number of aryl methyl sites for hydroxylation is 1. The zero-order valence-corrected chi connectivity index (χ0v) is 11.8. The van der Waals surface area contributed by atoms with Crippen LogP contribution < -0.4 is 4.74 Å². The predicted molar refractivity (Wildman–Crippen MR) is 72.3 cm³/mol. The molecule has 0 amide bonds. The number of benzene rings is 1. The Kier molecular flexibility index (Phi) is 4.41. The van der Waals surface area contributed by atoms with Crippen LogP contribution in [0.1, 0.15) is 19.2 Å². The van der Waals surface area contributed by atoms with Gasteiger partial charge in [0.05, 0.1) is 18.1 Å². The molecule has 2 aromatic rings. The maximum Gasteiger partial charge on any atom is 0.414 e. The molecule has 0 aliphatic carbocycles. The number of nitrogens with zero attached hydrogens (tertiary/aromatic N) is 2. The molecule has 0 aliphatic rings. The molecule has 0 aliphatic heterocycles. The van der Waals surface area contributed by atoms with Crippen molar-refractivity contribution in [1.82, 2.24) is 9.55 Å². The molecule has 4 nitrogen and oxygen atoms in total. The third kappa shape index (κ3) is 3.29. The van der Waals surface area contributed by atoms with Crippen molar-refractivity contribution in [3.63, 3.8) is 0 Å². The second-order valence-corrected chi connectivity index (χ2v) is 4.80. The van der Waals surface area contributed by atoms with Crippen LogP contribution in [0, 0.1) is 0 Å². The van der Waals surface area contributed by atoms with Gasteiger partial charge in [-0.3, -0.25) is 0 Å². The summed E-state index contributed by atoms with van der Waals surface area (Å²) in [4.78, 5) is 4.22. The summed E-state index contributed by atoms with van der Waals surface area (Å²) in [5.41, 5.74) is 1.30. The van der Waals surface area contributed by atoms with Crippen molar-refractivity contribution in [2.75, 3.05) is 7.11 Å². The fourth-order valence-corrected chi connectivity index (χ4v) is 2.20. The van der Waals surface area contributed by atoms with E-state index in [4.69, 9.17) is 4.74 Å². The lowest BCUT2D eigenvalue weighted by Crippen LogP contribution is -2.31. The van der Waals surface area contributed by atoms with E-state index in [1.807, 2.05) is 6.92 Å². The maximum absolute atomic E-state index is 12.5. The summed E-state index contributed by atoms with van der Waals surface area (Å²) in [6, 6.07) is 5.17. The van der Waals surface area contributed by atoms with Gasteiger partial charge in [-0.05, 0) is 18.6 Å². The second-order valence-electron chi connectivity index (χ2n) is 4.80. The molecular weight excluding hydrogens is 285 g/mol. The van der Waals surface area contributed by atoms with Crippen molar-refractivity contribution in [3.8, 4) is 5.75 Å². The summed E-state index contributed by atoms with van der Waals surface area (Å²) in [5.74, 6) is 0.816. The van der Waals surface area contributed by atoms with Gasteiger partial charge in [0.15, 0.2) is 6.10 Å². The van der Waals surface area contributed by atoms with Crippen molar-refractivity contribution in [2.45, 2.75) is 38.6 Å². The summed E-state index contributed by atoms with van der Waals surface area (Å²) in [6.07, 6.45) is -6.85. The fourth-order valence-electron chi connectivity index (χ4n) is 2.20. The normalized spacial score (nSPS) is 13.6. The van der Waals surface area contributed by atoms with Crippen LogP contribution in [0.5, 0.6) is 5.75 Å². The first kappa shape index (κ1) is 15.6. The molecular formula is C14H17F3N2O2. The second kappa shape index (κ2) is 5.93. The van der Waals surface area contributed by atoms with E-state index < -0.39 is 18.7 Å². The van der Waals surface area contributed by atoms with Gasteiger partial charge in [0.2, 0.25) is 0 Å². The number of methoxy groups -OCH3 is 1. The molecule has 0 spiro atoms. The summed E-state index contributed by atoms with van der Waals surface area (Å²) >= 11 is 0. The number of fused-ring (bicyclic) bond motifs is 1. The Bertz CT molecular complexity index is 622. The number of aromatic nitrogens is 2. The van der Waals surface area contributed by atoms with E-state index in [2.05, 4.69) is 4.98 Å². The standard InChI is InChI=1S/C14H17F3N2O2/c1-3-6-19-11-5-4-9(21-2)7-10(11)18-13(19)8-12(20)14(15,16)17/h4-5,7,12,20H,3,6,8H2,1-2H3. The lowest BCUT2D eigenvalue weighted by Gasteiger charge is -2.15. The summed E-state index contributed by atoms with van der Waals surface area (Å²) in [6.45, 7) is 2.47. The minimum absolute atomic E-state index is 0.227. The molecule has 1 atom stereocenters. The first-order valence-corrected chi connectivity index (χ1v) is 6.64. The number of aliphatic hydroxyl groups excluding tert-OH is 1. The first-order valence-electron chi connectivity index (χ1n) is 6.64. The van der Waals surface area contributed by atoms with Crippen molar-refractivity contribution in [2.24, 2.45) is 0 Å². The number of hydrogen-bond donors (Lipinski definition) is 1. The van der Waals surface area contributed by atoms with Gasteiger partial charge in [-0.2, -0.15) is 13.2 Å². The molecule has 0 saturated carbocycles.